The van der Waals surface area contributed by atoms with E-state index in [1.807, 2.05) is 0 Å². The third-order valence-corrected chi connectivity index (χ3v) is 7.01. The molecule has 3 aromatic rings. The maximum Gasteiger partial charge on any atom is 0.239 e. The van der Waals surface area contributed by atoms with Gasteiger partial charge < -0.3 is 63.8 Å². The predicted octanol–water partition coefficient (Wildman–Crippen LogP) is -0.802. The summed E-state index contributed by atoms with van der Waals surface area (Å²) in [5, 5.41) is 71.0. The molecule has 0 unspecified atom stereocenters. The number of hydrogen-bond donors (Lipinski definition) is 7. The van der Waals surface area contributed by atoms with Gasteiger partial charge in [0.25, 0.3) is 0 Å². The lowest BCUT2D eigenvalue weighted by atomic mass is 10.00. The van der Waals surface area contributed by atoms with Crippen molar-refractivity contribution in [2.24, 2.45) is 0 Å². The van der Waals surface area contributed by atoms with Crippen LogP contribution in [0.15, 0.2) is 45.6 Å². The van der Waals surface area contributed by atoms with E-state index in [9.17, 15) is 40.5 Å². The standard InChI is InChI=1S/C27H30O14/c1-10-18(30)21(33)23(35)27(38-10)41-25-20(32)17-14(28)7-13(39-26-22(34)19(31)15(29)9-37-26)8-16(17)40-24(25)11-3-5-12(36-2)6-4-11/h3-8,10,15,18-19,21-23,26-31,33-35H,9H2,1-2H3/t10-,15+,18-,19+,21+,22-,23-,26-,27-/m0/s1. The summed E-state index contributed by atoms with van der Waals surface area (Å²) in [5.74, 6) is -0.801. The Labute approximate surface area is 232 Å². The lowest BCUT2D eigenvalue weighted by Crippen LogP contribution is -2.58. The fraction of sp³-hybridized carbons (Fsp3) is 0.444. The summed E-state index contributed by atoms with van der Waals surface area (Å²) in [7, 11) is 1.47. The molecule has 0 radical (unpaired) electrons. The third kappa shape index (κ3) is 5.43. The highest BCUT2D eigenvalue weighted by molar-refractivity contribution is 5.88. The molecule has 2 aliphatic rings. The number of rotatable bonds is 6. The molecule has 14 heteroatoms. The van der Waals surface area contributed by atoms with Crippen molar-refractivity contribution in [3.63, 3.8) is 0 Å². The zero-order chi connectivity index (χ0) is 29.6. The van der Waals surface area contributed by atoms with E-state index in [-0.39, 0.29) is 29.1 Å². The summed E-state index contributed by atoms with van der Waals surface area (Å²) in [4.78, 5) is 13.7. The second-order valence-electron chi connectivity index (χ2n) is 9.80. The number of fused-ring (bicyclic) bond motifs is 1. The third-order valence-electron chi connectivity index (χ3n) is 7.01. The molecule has 2 aliphatic heterocycles. The molecule has 0 bridgehead atoms. The van der Waals surface area contributed by atoms with Gasteiger partial charge in [-0.05, 0) is 31.2 Å². The Morgan fingerprint density at radius 1 is 0.829 bits per heavy atom. The predicted molar refractivity (Wildman–Crippen MR) is 138 cm³/mol. The molecule has 5 rings (SSSR count). The molecule has 2 fully saturated rings. The molecule has 3 heterocycles. The Morgan fingerprint density at radius 3 is 2.20 bits per heavy atom. The first-order valence-electron chi connectivity index (χ1n) is 12.7. The SMILES string of the molecule is COc1ccc(-c2oc3cc(O[C@@H]4OC[C@@H](O)[C@@H](O)[C@@H]4O)cc(O)c3c(=O)c2O[C@@H]2O[C@@H](C)[C@H](O)[C@@H](O)[C@@H]2O)cc1. The number of phenolic OH excluding ortho intramolecular Hbond substituents is 1. The van der Waals surface area contributed by atoms with E-state index in [1.165, 1.54) is 20.1 Å². The summed E-state index contributed by atoms with van der Waals surface area (Å²) < 4.78 is 33.3. The van der Waals surface area contributed by atoms with Crippen LogP contribution in [0.1, 0.15) is 6.92 Å². The largest absolute Gasteiger partial charge is 0.507 e. The van der Waals surface area contributed by atoms with Crippen molar-refractivity contribution >= 4 is 11.0 Å². The van der Waals surface area contributed by atoms with Gasteiger partial charge in [-0.1, -0.05) is 0 Å². The van der Waals surface area contributed by atoms with Gasteiger partial charge in [0.1, 0.15) is 64.8 Å². The van der Waals surface area contributed by atoms with Crippen molar-refractivity contribution in [2.45, 2.75) is 62.2 Å². The van der Waals surface area contributed by atoms with Gasteiger partial charge >= 0.3 is 0 Å². The topological polar surface area (TPSA) is 218 Å². The van der Waals surface area contributed by atoms with Crippen molar-refractivity contribution in [1.82, 2.24) is 0 Å². The number of hydrogen-bond acceptors (Lipinski definition) is 14. The number of aliphatic hydroxyl groups excluding tert-OH is 6. The average molecular weight is 579 g/mol. The van der Waals surface area contributed by atoms with E-state index in [2.05, 4.69) is 0 Å². The Morgan fingerprint density at radius 2 is 1.51 bits per heavy atom. The molecule has 0 spiro atoms. The van der Waals surface area contributed by atoms with Crippen molar-refractivity contribution < 1.29 is 63.8 Å². The number of benzene rings is 2. The normalized spacial score (nSPS) is 32.0. The highest BCUT2D eigenvalue weighted by atomic mass is 16.7. The minimum Gasteiger partial charge on any atom is -0.507 e. The quantitative estimate of drug-likeness (QED) is 0.191. The van der Waals surface area contributed by atoms with Gasteiger partial charge in [0.2, 0.25) is 23.8 Å². The molecule has 14 nitrogen and oxygen atoms in total. The van der Waals surface area contributed by atoms with Crippen LogP contribution >= 0.6 is 0 Å². The monoisotopic (exact) mass is 578 g/mol. The summed E-state index contributed by atoms with van der Waals surface area (Å²) in [6.07, 6.45) is -13.2. The maximum atomic E-state index is 13.7. The highest BCUT2D eigenvalue weighted by Gasteiger charge is 2.44. The van der Waals surface area contributed by atoms with Gasteiger partial charge in [0.05, 0.1) is 19.8 Å². The van der Waals surface area contributed by atoms with Gasteiger partial charge in [-0.3, -0.25) is 4.79 Å². The van der Waals surface area contributed by atoms with E-state index < -0.39 is 72.2 Å². The molecule has 9 atom stereocenters. The minimum absolute atomic E-state index is 0.0999. The van der Waals surface area contributed by atoms with E-state index in [4.69, 9.17) is 28.1 Å². The second kappa shape index (κ2) is 11.4. The van der Waals surface area contributed by atoms with Crippen LogP contribution in [0.4, 0.5) is 0 Å². The van der Waals surface area contributed by atoms with E-state index >= 15 is 0 Å². The average Bonchev–Trinajstić information content (AvgIpc) is 2.96. The maximum absolute atomic E-state index is 13.7. The van der Waals surface area contributed by atoms with Gasteiger partial charge in [-0.15, -0.1) is 0 Å². The summed E-state index contributed by atoms with van der Waals surface area (Å²) >= 11 is 0. The first-order valence-corrected chi connectivity index (χ1v) is 12.7. The number of methoxy groups -OCH3 is 1. The van der Waals surface area contributed by atoms with Crippen LogP contribution in [0.25, 0.3) is 22.3 Å². The lowest BCUT2D eigenvalue weighted by molar-refractivity contribution is -0.268. The van der Waals surface area contributed by atoms with Gasteiger partial charge in [-0.2, -0.15) is 0 Å². The Hall–Kier alpha value is -3.47. The van der Waals surface area contributed by atoms with Crippen LogP contribution < -0.4 is 19.6 Å². The molecular formula is C27H30O14. The van der Waals surface area contributed by atoms with Gasteiger partial charge in [-0.25, -0.2) is 0 Å². The van der Waals surface area contributed by atoms with Gasteiger partial charge in [0, 0.05) is 17.7 Å². The van der Waals surface area contributed by atoms with Crippen LogP contribution in [-0.4, -0.2) is 105 Å². The van der Waals surface area contributed by atoms with Crippen molar-refractivity contribution in [1.29, 1.82) is 0 Å². The van der Waals surface area contributed by atoms with E-state index in [1.54, 1.807) is 24.3 Å². The Kier molecular flexibility index (Phi) is 8.09. The summed E-state index contributed by atoms with van der Waals surface area (Å²) in [6, 6.07) is 8.61. The van der Waals surface area contributed by atoms with Crippen molar-refractivity contribution in [3.8, 4) is 34.3 Å². The first kappa shape index (κ1) is 29.0. The van der Waals surface area contributed by atoms with E-state index in [0.717, 1.165) is 6.07 Å². The van der Waals surface area contributed by atoms with E-state index in [0.29, 0.717) is 11.3 Å². The highest BCUT2D eigenvalue weighted by Crippen LogP contribution is 2.38. The molecule has 2 saturated heterocycles. The molecule has 41 heavy (non-hydrogen) atoms. The first-order chi connectivity index (χ1) is 19.5. The Bertz CT molecular complexity index is 1440. The van der Waals surface area contributed by atoms with Crippen LogP contribution in [0, 0.1) is 0 Å². The van der Waals surface area contributed by atoms with Crippen LogP contribution in [-0.2, 0) is 9.47 Å². The van der Waals surface area contributed by atoms with Gasteiger partial charge in [0.15, 0.2) is 5.76 Å². The van der Waals surface area contributed by atoms with Crippen molar-refractivity contribution in [3.05, 3.63) is 46.6 Å². The molecule has 222 valence electrons. The Balaban J connectivity index is 1.59. The fourth-order valence-corrected chi connectivity index (χ4v) is 4.61. The zero-order valence-corrected chi connectivity index (χ0v) is 21.9. The van der Waals surface area contributed by atoms with Crippen LogP contribution in [0.2, 0.25) is 0 Å². The smallest absolute Gasteiger partial charge is 0.239 e. The second-order valence-corrected chi connectivity index (χ2v) is 9.80. The number of aromatic hydroxyl groups is 1. The molecule has 0 saturated carbocycles. The van der Waals surface area contributed by atoms with Crippen molar-refractivity contribution in [2.75, 3.05) is 13.7 Å². The molecule has 1 aromatic heterocycles. The summed E-state index contributed by atoms with van der Waals surface area (Å²) in [6.45, 7) is 1.13. The summed E-state index contributed by atoms with van der Waals surface area (Å²) in [5.41, 5.74) is -0.701. The molecule has 7 N–H and O–H groups in total. The molecule has 2 aromatic carbocycles. The fourth-order valence-electron chi connectivity index (χ4n) is 4.61. The lowest BCUT2D eigenvalue weighted by Gasteiger charge is -2.38. The van der Waals surface area contributed by atoms with Crippen LogP contribution in [0.5, 0.6) is 23.0 Å². The number of phenols is 1. The molecular weight excluding hydrogens is 548 g/mol. The number of ether oxygens (including phenoxy) is 5. The number of aliphatic hydroxyl groups is 6. The van der Waals surface area contributed by atoms with Crippen LogP contribution in [0.3, 0.4) is 0 Å². The molecule has 0 aliphatic carbocycles. The minimum atomic E-state index is -1.74. The zero-order valence-electron chi connectivity index (χ0n) is 21.9. The molecule has 0 amide bonds.